The van der Waals surface area contributed by atoms with Crippen LogP contribution < -0.4 is 0 Å². The van der Waals surface area contributed by atoms with Crippen molar-refractivity contribution >= 4 is 5.91 Å². The lowest BCUT2D eigenvalue weighted by molar-refractivity contribution is -0.132. The maximum Gasteiger partial charge on any atom is 0.298 e. The highest BCUT2D eigenvalue weighted by molar-refractivity contribution is 5.94. The minimum Gasteiger partial charge on any atom is -0.325 e. The van der Waals surface area contributed by atoms with E-state index in [0.29, 0.717) is 12.0 Å². The van der Waals surface area contributed by atoms with Crippen molar-refractivity contribution < 1.29 is 4.79 Å². The van der Waals surface area contributed by atoms with Crippen LogP contribution >= 0.6 is 0 Å². The van der Waals surface area contributed by atoms with Gasteiger partial charge in [0.1, 0.15) is 0 Å². The second kappa shape index (κ2) is 4.83. The smallest absolute Gasteiger partial charge is 0.298 e. The molecule has 0 bridgehead atoms. The van der Waals surface area contributed by atoms with E-state index < -0.39 is 0 Å². The van der Waals surface area contributed by atoms with Crippen molar-refractivity contribution in [3.8, 4) is 11.8 Å². The van der Waals surface area contributed by atoms with Gasteiger partial charge in [-0.25, -0.2) is 0 Å². The van der Waals surface area contributed by atoms with Gasteiger partial charge in [-0.05, 0) is 58.5 Å². The van der Waals surface area contributed by atoms with Crippen LogP contribution in [0.3, 0.4) is 0 Å². The van der Waals surface area contributed by atoms with Gasteiger partial charge in [0, 0.05) is 24.0 Å². The third kappa shape index (κ3) is 2.27. The van der Waals surface area contributed by atoms with Gasteiger partial charge >= 0.3 is 0 Å². The zero-order valence-corrected chi connectivity index (χ0v) is 12.1. The van der Waals surface area contributed by atoms with Crippen molar-refractivity contribution in [1.82, 2.24) is 9.80 Å². The molecule has 1 unspecified atom stereocenters. The first-order valence-corrected chi connectivity index (χ1v) is 7.60. The lowest BCUT2D eigenvalue weighted by Crippen LogP contribution is -2.51. The van der Waals surface area contributed by atoms with E-state index in [9.17, 15) is 4.79 Å². The molecule has 1 saturated heterocycles. The lowest BCUT2D eigenvalue weighted by atomic mass is 9.74. The molecule has 0 aromatic rings. The van der Waals surface area contributed by atoms with Gasteiger partial charge in [0.05, 0.1) is 0 Å². The Morgan fingerprint density at radius 2 is 2.00 bits per heavy atom. The summed E-state index contributed by atoms with van der Waals surface area (Å²) in [5, 5.41) is 0. The van der Waals surface area contributed by atoms with E-state index in [1.165, 1.54) is 38.5 Å². The van der Waals surface area contributed by atoms with E-state index in [4.69, 9.17) is 0 Å². The Bertz CT molecular complexity index is 424. The van der Waals surface area contributed by atoms with Crippen LogP contribution in [0.25, 0.3) is 0 Å². The summed E-state index contributed by atoms with van der Waals surface area (Å²) in [7, 11) is 4.23. The highest BCUT2D eigenvalue weighted by atomic mass is 16.2. The fourth-order valence-corrected chi connectivity index (χ4v) is 3.50. The van der Waals surface area contributed by atoms with E-state index in [-0.39, 0.29) is 11.4 Å². The molecule has 0 aromatic heterocycles. The maximum absolute atomic E-state index is 12.4. The Labute approximate surface area is 116 Å². The second-order valence-electron chi connectivity index (χ2n) is 6.71. The van der Waals surface area contributed by atoms with E-state index in [0.717, 1.165) is 13.0 Å². The predicted molar refractivity (Wildman–Crippen MR) is 75.5 cm³/mol. The molecule has 1 heterocycles. The molecule has 1 spiro atoms. The van der Waals surface area contributed by atoms with Gasteiger partial charge in [-0.3, -0.25) is 4.79 Å². The number of rotatable bonds is 1. The molecule has 1 aliphatic heterocycles. The highest BCUT2D eigenvalue weighted by Gasteiger charge is 2.51. The van der Waals surface area contributed by atoms with E-state index in [1.54, 1.807) is 0 Å². The molecule has 1 atom stereocenters. The minimum atomic E-state index is 0.0796. The minimum absolute atomic E-state index is 0.0796. The molecule has 3 fully saturated rings. The Hall–Kier alpha value is -1.01. The van der Waals surface area contributed by atoms with Crippen LogP contribution in [0, 0.1) is 17.8 Å². The molecule has 104 valence electrons. The van der Waals surface area contributed by atoms with Crippen LogP contribution in [0.4, 0.5) is 0 Å². The summed E-state index contributed by atoms with van der Waals surface area (Å²) >= 11 is 0. The molecular weight excluding hydrogens is 236 g/mol. The van der Waals surface area contributed by atoms with Crippen molar-refractivity contribution in [1.29, 1.82) is 0 Å². The fourth-order valence-electron chi connectivity index (χ4n) is 3.50. The number of likely N-dealkylation sites (N-methyl/N-ethyl adjacent to an activating group) is 1. The van der Waals surface area contributed by atoms with Gasteiger partial charge in [-0.2, -0.15) is 0 Å². The Morgan fingerprint density at radius 3 is 2.47 bits per heavy atom. The molecule has 3 rings (SSSR count). The highest BCUT2D eigenvalue weighted by Crippen LogP contribution is 2.46. The molecule has 0 radical (unpaired) electrons. The lowest BCUT2D eigenvalue weighted by Gasteiger charge is -2.45. The van der Waals surface area contributed by atoms with E-state index >= 15 is 0 Å². The Kier molecular flexibility index (Phi) is 3.30. The van der Waals surface area contributed by atoms with Crippen LogP contribution in [0.1, 0.15) is 44.9 Å². The molecular formula is C16H24N2O. The molecule has 2 aliphatic carbocycles. The summed E-state index contributed by atoms with van der Waals surface area (Å²) < 4.78 is 0. The zero-order valence-electron chi connectivity index (χ0n) is 12.1. The van der Waals surface area contributed by atoms with Gasteiger partial charge in [-0.15, -0.1) is 0 Å². The molecule has 19 heavy (non-hydrogen) atoms. The Balaban J connectivity index is 1.70. The Morgan fingerprint density at radius 1 is 1.26 bits per heavy atom. The number of hydrogen-bond acceptors (Lipinski definition) is 2. The SMILES string of the molecule is CN(C)C1CN(C(=O)C#CC2CCC2)C2(CCC2)C1. The largest absolute Gasteiger partial charge is 0.325 e. The third-order valence-electron chi connectivity index (χ3n) is 5.33. The molecule has 0 aromatic carbocycles. The van der Waals surface area contributed by atoms with Crippen molar-refractivity contribution in [2.24, 2.45) is 5.92 Å². The summed E-state index contributed by atoms with van der Waals surface area (Å²) in [6.45, 7) is 0.866. The van der Waals surface area contributed by atoms with Crippen molar-refractivity contribution in [3.63, 3.8) is 0 Å². The van der Waals surface area contributed by atoms with Crippen molar-refractivity contribution in [2.75, 3.05) is 20.6 Å². The quantitative estimate of drug-likeness (QED) is 0.672. The molecule has 0 N–H and O–H groups in total. The van der Waals surface area contributed by atoms with Crippen molar-refractivity contribution in [2.45, 2.75) is 56.5 Å². The maximum atomic E-state index is 12.4. The van der Waals surface area contributed by atoms with Gasteiger partial charge in [-0.1, -0.05) is 12.3 Å². The molecule has 3 nitrogen and oxygen atoms in total. The topological polar surface area (TPSA) is 23.6 Å². The molecule has 3 heteroatoms. The summed E-state index contributed by atoms with van der Waals surface area (Å²) in [6.07, 6.45) is 8.40. The molecule has 1 amide bonds. The van der Waals surface area contributed by atoms with Gasteiger partial charge in [0.25, 0.3) is 5.91 Å². The second-order valence-corrected chi connectivity index (χ2v) is 6.71. The van der Waals surface area contributed by atoms with Crippen LogP contribution in [-0.2, 0) is 4.79 Å². The summed E-state index contributed by atoms with van der Waals surface area (Å²) in [5.74, 6) is 6.67. The monoisotopic (exact) mass is 260 g/mol. The first-order valence-electron chi connectivity index (χ1n) is 7.60. The van der Waals surface area contributed by atoms with Gasteiger partial charge in [0.2, 0.25) is 0 Å². The summed E-state index contributed by atoms with van der Waals surface area (Å²) in [4.78, 5) is 16.7. The third-order valence-corrected chi connectivity index (χ3v) is 5.33. The average Bonchev–Trinajstić information content (AvgIpc) is 2.66. The van der Waals surface area contributed by atoms with Crippen LogP contribution in [0.5, 0.6) is 0 Å². The first kappa shape index (κ1) is 13.0. The summed E-state index contributed by atoms with van der Waals surface area (Å²) in [6, 6.07) is 0.509. The van der Waals surface area contributed by atoms with Gasteiger partial charge in [0.15, 0.2) is 0 Å². The number of likely N-dealkylation sites (tertiary alicyclic amines) is 1. The predicted octanol–water partition coefficient (Wildman–Crippen LogP) is 1.88. The zero-order chi connectivity index (χ0) is 13.5. The number of amides is 1. The number of hydrogen-bond donors (Lipinski definition) is 0. The normalized spacial score (nSPS) is 28.8. The number of nitrogens with zero attached hydrogens (tertiary/aromatic N) is 2. The van der Waals surface area contributed by atoms with Gasteiger partial charge < -0.3 is 9.80 Å². The number of carbonyl (C=O) groups excluding carboxylic acids is 1. The molecule has 3 aliphatic rings. The van der Waals surface area contributed by atoms with Crippen LogP contribution in [0.2, 0.25) is 0 Å². The van der Waals surface area contributed by atoms with Crippen LogP contribution in [0.15, 0.2) is 0 Å². The van der Waals surface area contributed by atoms with E-state index in [2.05, 4.69) is 35.7 Å². The number of carbonyl (C=O) groups is 1. The first-order chi connectivity index (χ1) is 9.11. The van der Waals surface area contributed by atoms with E-state index in [1.807, 2.05) is 0 Å². The average molecular weight is 260 g/mol. The van der Waals surface area contributed by atoms with Crippen molar-refractivity contribution in [3.05, 3.63) is 0 Å². The summed E-state index contributed by atoms with van der Waals surface area (Å²) in [5.41, 5.74) is 0.153. The van der Waals surface area contributed by atoms with Crippen LogP contribution in [-0.4, -0.2) is 47.9 Å². The standard InChI is InChI=1S/C16H24N2O/c1-17(2)14-11-16(9-4-10-16)18(12-14)15(19)8-7-13-5-3-6-13/h13-14H,3-6,9-12H2,1-2H3. The fraction of sp³-hybridized carbons (Fsp3) is 0.812. The molecule has 2 saturated carbocycles.